The van der Waals surface area contributed by atoms with E-state index in [1.165, 1.54) is 16.7 Å². The summed E-state index contributed by atoms with van der Waals surface area (Å²) in [5, 5.41) is 8.01. The monoisotopic (exact) mass is 193 g/mol. The highest BCUT2D eigenvalue weighted by Crippen LogP contribution is 2.17. The zero-order valence-electron chi connectivity index (χ0n) is 8.35. The highest BCUT2D eigenvalue weighted by Gasteiger charge is 1.99. The van der Waals surface area contributed by atoms with Gasteiger partial charge in [0.15, 0.2) is 0 Å². The van der Waals surface area contributed by atoms with Crippen molar-refractivity contribution in [2.75, 3.05) is 0 Å². The van der Waals surface area contributed by atoms with Crippen LogP contribution < -0.4 is 0 Å². The van der Waals surface area contributed by atoms with Crippen LogP contribution in [-0.4, -0.2) is 5.04 Å². The van der Waals surface area contributed by atoms with Gasteiger partial charge in [0.1, 0.15) is 0 Å². The number of nitrogens with one attached hydrogen (secondary N) is 1. The van der Waals surface area contributed by atoms with E-state index in [1.807, 2.05) is 6.92 Å². The lowest BCUT2D eigenvalue weighted by Crippen LogP contribution is -1.89. The van der Waals surface area contributed by atoms with E-state index in [2.05, 4.69) is 32.0 Å². The second kappa shape index (κ2) is 4.47. The van der Waals surface area contributed by atoms with E-state index in [4.69, 9.17) is 5.41 Å². The van der Waals surface area contributed by atoms with Crippen molar-refractivity contribution in [2.24, 2.45) is 0 Å². The minimum Gasteiger partial charge on any atom is -0.299 e. The molecule has 1 rings (SSSR count). The molecule has 1 N–H and O–H groups in total. The van der Waals surface area contributed by atoms with Gasteiger partial charge in [0, 0.05) is 5.75 Å². The van der Waals surface area contributed by atoms with Crippen LogP contribution in [0.25, 0.3) is 0 Å². The summed E-state index contributed by atoms with van der Waals surface area (Å²) in [5.74, 6) is 0.919. The Morgan fingerprint density at radius 3 is 2.69 bits per heavy atom. The minimum absolute atomic E-state index is 0.681. The molecule has 0 aromatic heterocycles. The zero-order valence-corrected chi connectivity index (χ0v) is 9.16. The molecule has 1 aromatic carbocycles. The number of aryl methyl sites for hydroxylation is 2. The Labute approximate surface area is 84.1 Å². The molecule has 70 valence electrons. The van der Waals surface area contributed by atoms with Gasteiger partial charge < -0.3 is 0 Å². The predicted octanol–water partition coefficient (Wildman–Crippen LogP) is 3.53. The first-order chi connectivity index (χ1) is 6.09. The molecule has 2 heteroatoms. The molecule has 0 radical (unpaired) electrons. The maximum Gasteiger partial charge on any atom is 0.0613 e. The van der Waals surface area contributed by atoms with Crippen LogP contribution in [0, 0.1) is 19.3 Å². The quantitative estimate of drug-likeness (QED) is 0.563. The molecule has 0 unspecified atom stereocenters. The molecule has 0 saturated carbocycles. The van der Waals surface area contributed by atoms with E-state index < -0.39 is 0 Å². The lowest BCUT2D eigenvalue weighted by Gasteiger charge is -2.05. The van der Waals surface area contributed by atoms with Crippen molar-refractivity contribution in [3.05, 3.63) is 34.9 Å². The van der Waals surface area contributed by atoms with Gasteiger partial charge in [-0.25, -0.2) is 0 Å². The highest BCUT2D eigenvalue weighted by molar-refractivity contribution is 8.13. The average Bonchev–Trinajstić information content (AvgIpc) is 2.06. The molecule has 0 aliphatic rings. The first kappa shape index (κ1) is 10.3. The normalized spacial score (nSPS) is 10.1. The molecule has 0 heterocycles. The van der Waals surface area contributed by atoms with Gasteiger partial charge in [-0.1, -0.05) is 23.8 Å². The van der Waals surface area contributed by atoms with E-state index in [0.717, 1.165) is 5.75 Å². The fourth-order valence-electron chi connectivity index (χ4n) is 1.14. The van der Waals surface area contributed by atoms with Gasteiger partial charge in [0.05, 0.1) is 5.04 Å². The Morgan fingerprint density at radius 1 is 1.38 bits per heavy atom. The summed E-state index contributed by atoms with van der Waals surface area (Å²) < 4.78 is 0. The van der Waals surface area contributed by atoms with Crippen molar-refractivity contribution in [3.8, 4) is 0 Å². The molecule has 0 spiro atoms. The van der Waals surface area contributed by atoms with Gasteiger partial charge in [-0.05, 0) is 31.9 Å². The molecule has 0 amide bonds. The van der Waals surface area contributed by atoms with Crippen LogP contribution >= 0.6 is 11.8 Å². The molecule has 0 atom stereocenters. The summed E-state index contributed by atoms with van der Waals surface area (Å²) in [4.78, 5) is 0. The largest absolute Gasteiger partial charge is 0.299 e. The molecule has 0 saturated heterocycles. The van der Waals surface area contributed by atoms with Gasteiger partial charge in [0.2, 0.25) is 0 Å². The second-order valence-electron chi connectivity index (χ2n) is 3.27. The highest BCUT2D eigenvalue weighted by atomic mass is 32.2. The Bertz CT molecular complexity index is 318. The number of rotatable bonds is 2. The lowest BCUT2D eigenvalue weighted by atomic mass is 10.1. The fourth-order valence-corrected chi connectivity index (χ4v) is 1.82. The first-order valence-electron chi connectivity index (χ1n) is 4.33. The van der Waals surface area contributed by atoms with Crippen molar-refractivity contribution in [3.63, 3.8) is 0 Å². The van der Waals surface area contributed by atoms with Crippen LogP contribution in [0.5, 0.6) is 0 Å². The van der Waals surface area contributed by atoms with Crippen molar-refractivity contribution in [1.29, 1.82) is 5.41 Å². The molecule has 0 aliphatic heterocycles. The third-order valence-electron chi connectivity index (χ3n) is 1.95. The summed E-state index contributed by atoms with van der Waals surface area (Å²) in [5.41, 5.74) is 3.96. The molecule has 1 aromatic rings. The van der Waals surface area contributed by atoms with E-state index in [0.29, 0.717) is 5.04 Å². The van der Waals surface area contributed by atoms with E-state index >= 15 is 0 Å². The number of benzene rings is 1. The Balaban J connectivity index is 2.75. The van der Waals surface area contributed by atoms with Gasteiger partial charge in [-0.2, -0.15) is 0 Å². The van der Waals surface area contributed by atoms with Crippen LogP contribution in [0.2, 0.25) is 0 Å². The Morgan fingerprint density at radius 2 is 2.08 bits per heavy atom. The van der Waals surface area contributed by atoms with Gasteiger partial charge in [-0.3, -0.25) is 5.41 Å². The SMILES string of the molecule is CC(=N)SCc1cc(C)ccc1C. The summed E-state index contributed by atoms with van der Waals surface area (Å²) in [6.07, 6.45) is 0. The molecule has 1 nitrogen and oxygen atoms in total. The Kier molecular flexibility index (Phi) is 3.55. The minimum atomic E-state index is 0.681. The standard InChI is InChI=1S/C11H15NS/c1-8-4-5-9(2)11(6-8)7-13-10(3)12/h4-6,12H,7H2,1-3H3. The Hall–Kier alpha value is -0.760. The molecular formula is C11H15NS. The molecular weight excluding hydrogens is 178 g/mol. The van der Waals surface area contributed by atoms with Crippen LogP contribution in [-0.2, 0) is 5.75 Å². The average molecular weight is 193 g/mol. The van der Waals surface area contributed by atoms with E-state index in [9.17, 15) is 0 Å². The predicted molar refractivity (Wildman–Crippen MR) is 60.6 cm³/mol. The topological polar surface area (TPSA) is 23.9 Å². The maximum atomic E-state index is 7.33. The van der Waals surface area contributed by atoms with Crippen molar-refractivity contribution in [2.45, 2.75) is 26.5 Å². The summed E-state index contributed by atoms with van der Waals surface area (Å²) in [6.45, 7) is 6.05. The first-order valence-corrected chi connectivity index (χ1v) is 5.32. The van der Waals surface area contributed by atoms with Crippen LogP contribution in [0.1, 0.15) is 23.6 Å². The molecule has 0 aliphatic carbocycles. The van der Waals surface area contributed by atoms with E-state index in [-0.39, 0.29) is 0 Å². The second-order valence-corrected chi connectivity index (χ2v) is 4.46. The maximum absolute atomic E-state index is 7.33. The van der Waals surface area contributed by atoms with Crippen LogP contribution in [0.4, 0.5) is 0 Å². The van der Waals surface area contributed by atoms with Crippen LogP contribution in [0.3, 0.4) is 0 Å². The van der Waals surface area contributed by atoms with Gasteiger partial charge in [0.25, 0.3) is 0 Å². The third-order valence-corrected chi connectivity index (χ3v) is 2.84. The van der Waals surface area contributed by atoms with Crippen LogP contribution in [0.15, 0.2) is 18.2 Å². The zero-order chi connectivity index (χ0) is 9.84. The molecule has 0 fully saturated rings. The number of hydrogen-bond acceptors (Lipinski definition) is 2. The van der Waals surface area contributed by atoms with Crippen molar-refractivity contribution in [1.82, 2.24) is 0 Å². The fraction of sp³-hybridized carbons (Fsp3) is 0.364. The summed E-state index contributed by atoms with van der Waals surface area (Å²) in [7, 11) is 0. The summed E-state index contributed by atoms with van der Waals surface area (Å²) in [6, 6.07) is 6.47. The molecule has 0 bridgehead atoms. The van der Waals surface area contributed by atoms with Crippen molar-refractivity contribution < 1.29 is 0 Å². The summed E-state index contributed by atoms with van der Waals surface area (Å²) >= 11 is 1.59. The number of thioether (sulfide) groups is 1. The lowest BCUT2D eigenvalue weighted by molar-refractivity contribution is 1.28. The number of hydrogen-bond donors (Lipinski definition) is 1. The van der Waals surface area contributed by atoms with Gasteiger partial charge >= 0.3 is 0 Å². The van der Waals surface area contributed by atoms with Crippen molar-refractivity contribution >= 4 is 16.8 Å². The molecule has 13 heavy (non-hydrogen) atoms. The third kappa shape index (κ3) is 3.23. The van der Waals surface area contributed by atoms with Gasteiger partial charge in [-0.15, -0.1) is 11.8 Å². The smallest absolute Gasteiger partial charge is 0.0613 e. The van der Waals surface area contributed by atoms with E-state index in [1.54, 1.807) is 11.8 Å².